The molecule has 0 bridgehead atoms. The number of hydrogen-bond acceptors (Lipinski definition) is 3. The Labute approximate surface area is 130 Å². The van der Waals surface area contributed by atoms with Crippen molar-refractivity contribution in [1.82, 2.24) is 14.7 Å². The fourth-order valence-electron chi connectivity index (χ4n) is 2.38. The van der Waals surface area contributed by atoms with Gasteiger partial charge in [-0.1, -0.05) is 0 Å². The molecule has 1 unspecified atom stereocenters. The quantitative estimate of drug-likeness (QED) is 0.807. The van der Waals surface area contributed by atoms with E-state index in [1.54, 1.807) is 55.2 Å². The summed E-state index contributed by atoms with van der Waals surface area (Å²) in [6.07, 6.45) is 0. The van der Waals surface area contributed by atoms with Gasteiger partial charge in [-0.3, -0.25) is 14.4 Å². The molecule has 1 saturated heterocycles. The van der Waals surface area contributed by atoms with Crippen LogP contribution in [0.15, 0.2) is 24.3 Å². The van der Waals surface area contributed by atoms with Crippen LogP contribution in [0.1, 0.15) is 27.6 Å². The Bertz CT molecular complexity index is 595. The summed E-state index contributed by atoms with van der Waals surface area (Å²) in [6.45, 7) is 2.52. The number of hydrogen-bond donors (Lipinski definition) is 0. The third-order valence-electron chi connectivity index (χ3n) is 3.94. The van der Waals surface area contributed by atoms with E-state index in [9.17, 15) is 14.4 Å². The highest BCUT2D eigenvalue weighted by atomic mass is 16.2. The number of rotatable bonds is 2. The van der Waals surface area contributed by atoms with Crippen LogP contribution in [0.25, 0.3) is 0 Å². The Balaban J connectivity index is 2.13. The molecule has 1 aromatic rings. The fourth-order valence-corrected chi connectivity index (χ4v) is 2.38. The summed E-state index contributed by atoms with van der Waals surface area (Å²) in [6, 6.07) is 6.53. The van der Waals surface area contributed by atoms with Gasteiger partial charge in [0.05, 0.1) is 0 Å². The average Bonchev–Trinajstić information content (AvgIpc) is 2.50. The van der Waals surface area contributed by atoms with E-state index in [2.05, 4.69) is 0 Å². The molecule has 6 nitrogen and oxygen atoms in total. The standard InChI is InChI=1S/C16H21N3O3/c1-11-9-19(10-14(20)18(11)4)16(22)13-7-5-12(6-8-13)15(21)17(2)3/h5-8,11H,9-10H2,1-4H3. The monoisotopic (exact) mass is 303 g/mol. The van der Waals surface area contributed by atoms with E-state index in [4.69, 9.17) is 0 Å². The lowest BCUT2D eigenvalue weighted by Crippen LogP contribution is -2.55. The number of likely N-dealkylation sites (N-methyl/N-ethyl adjacent to an activating group) is 1. The van der Waals surface area contributed by atoms with E-state index in [1.807, 2.05) is 6.92 Å². The molecule has 0 spiro atoms. The normalized spacial score (nSPS) is 18.4. The largest absolute Gasteiger partial charge is 0.345 e. The molecule has 0 saturated carbocycles. The van der Waals surface area contributed by atoms with Crippen LogP contribution in [0.4, 0.5) is 0 Å². The van der Waals surface area contributed by atoms with E-state index in [1.165, 1.54) is 4.90 Å². The van der Waals surface area contributed by atoms with Crippen LogP contribution in [0, 0.1) is 0 Å². The average molecular weight is 303 g/mol. The van der Waals surface area contributed by atoms with Crippen molar-refractivity contribution in [1.29, 1.82) is 0 Å². The maximum atomic E-state index is 12.5. The minimum Gasteiger partial charge on any atom is -0.345 e. The Morgan fingerprint density at radius 1 is 1.14 bits per heavy atom. The first-order valence-corrected chi connectivity index (χ1v) is 7.18. The van der Waals surface area contributed by atoms with E-state index in [0.717, 1.165) is 0 Å². The molecule has 6 heteroatoms. The molecule has 1 heterocycles. The van der Waals surface area contributed by atoms with Gasteiger partial charge in [0.15, 0.2) is 0 Å². The number of benzene rings is 1. The molecule has 118 valence electrons. The predicted octanol–water partition coefficient (Wildman–Crippen LogP) is 0.691. The van der Waals surface area contributed by atoms with Gasteiger partial charge in [0.1, 0.15) is 6.54 Å². The van der Waals surface area contributed by atoms with Crippen LogP contribution >= 0.6 is 0 Å². The first-order valence-electron chi connectivity index (χ1n) is 7.18. The first kappa shape index (κ1) is 16.0. The first-order chi connectivity index (χ1) is 10.3. The molecule has 0 radical (unpaired) electrons. The van der Waals surface area contributed by atoms with Crippen molar-refractivity contribution in [3.05, 3.63) is 35.4 Å². The van der Waals surface area contributed by atoms with Gasteiger partial charge in [0, 0.05) is 44.9 Å². The zero-order valence-corrected chi connectivity index (χ0v) is 13.4. The highest BCUT2D eigenvalue weighted by Gasteiger charge is 2.30. The molecule has 1 aliphatic heterocycles. The van der Waals surface area contributed by atoms with Crippen molar-refractivity contribution in [3.8, 4) is 0 Å². The molecule has 1 atom stereocenters. The summed E-state index contributed by atoms with van der Waals surface area (Å²) >= 11 is 0. The minimum absolute atomic E-state index is 0.000193. The van der Waals surface area contributed by atoms with Gasteiger partial charge >= 0.3 is 0 Å². The van der Waals surface area contributed by atoms with E-state index >= 15 is 0 Å². The maximum Gasteiger partial charge on any atom is 0.254 e. The van der Waals surface area contributed by atoms with Crippen LogP contribution in [0.5, 0.6) is 0 Å². The van der Waals surface area contributed by atoms with Crippen molar-refractivity contribution < 1.29 is 14.4 Å². The van der Waals surface area contributed by atoms with Crippen molar-refractivity contribution >= 4 is 17.7 Å². The van der Waals surface area contributed by atoms with Crippen LogP contribution in [0.3, 0.4) is 0 Å². The Kier molecular flexibility index (Phi) is 4.49. The number of nitrogens with zero attached hydrogens (tertiary/aromatic N) is 3. The molecular weight excluding hydrogens is 282 g/mol. The van der Waals surface area contributed by atoms with Crippen LogP contribution < -0.4 is 0 Å². The third kappa shape index (κ3) is 3.10. The molecule has 22 heavy (non-hydrogen) atoms. The minimum atomic E-state index is -0.183. The molecule has 1 aliphatic rings. The van der Waals surface area contributed by atoms with Crippen molar-refractivity contribution in [2.45, 2.75) is 13.0 Å². The Morgan fingerprint density at radius 2 is 1.68 bits per heavy atom. The zero-order valence-electron chi connectivity index (χ0n) is 13.4. The second-order valence-corrected chi connectivity index (χ2v) is 5.82. The van der Waals surface area contributed by atoms with E-state index < -0.39 is 0 Å². The lowest BCUT2D eigenvalue weighted by Gasteiger charge is -2.37. The van der Waals surface area contributed by atoms with E-state index in [0.29, 0.717) is 17.7 Å². The van der Waals surface area contributed by atoms with Gasteiger partial charge in [0.25, 0.3) is 11.8 Å². The molecule has 0 N–H and O–H groups in total. The summed E-state index contributed by atoms with van der Waals surface area (Å²) in [5, 5.41) is 0. The lowest BCUT2D eigenvalue weighted by atomic mass is 10.1. The number of amides is 3. The summed E-state index contributed by atoms with van der Waals surface area (Å²) in [4.78, 5) is 40.8. The lowest BCUT2D eigenvalue weighted by molar-refractivity contribution is -0.136. The molecular formula is C16H21N3O3. The van der Waals surface area contributed by atoms with E-state index in [-0.39, 0.29) is 30.3 Å². The summed E-state index contributed by atoms with van der Waals surface area (Å²) in [5.74, 6) is -0.356. The maximum absolute atomic E-state index is 12.5. The summed E-state index contributed by atoms with van der Waals surface area (Å²) < 4.78 is 0. The van der Waals surface area contributed by atoms with Crippen molar-refractivity contribution in [2.75, 3.05) is 34.2 Å². The Hall–Kier alpha value is -2.37. The van der Waals surface area contributed by atoms with Gasteiger partial charge in [-0.2, -0.15) is 0 Å². The summed E-state index contributed by atoms with van der Waals surface area (Å²) in [7, 11) is 5.10. The number of piperazine rings is 1. The fraction of sp³-hybridized carbons (Fsp3) is 0.438. The van der Waals surface area contributed by atoms with Crippen LogP contribution in [-0.4, -0.2) is 72.7 Å². The molecule has 2 rings (SSSR count). The Morgan fingerprint density at radius 3 is 2.18 bits per heavy atom. The number of carbonyl (C=O) groups is 3. The molecule has 0 aliphatic carbocycles. The second-order valence-electron chi connectivity index (χ2n) is 5.82. The zero-order chi connectivity index (χ0) is 16.4. The summed E-state index contributed by atoms with van der Waals surface area (Å²) in [5.41, 5.74) is 1.02. The van der Waals surface area contributed by atoms with Crippen LogP contribution in [-0.2, 0) is 4.79 Å². The third-order valence-corrected chi connectivity index (χ3v) is 3.94. The van der Waals surface area contributed by atoms with Gasteiger partial charge in [-0.05, 0) is 31.2 Å². The predicted molar refractivity (Wildman–Crippen MR) is 82.6 cm³/mol. The number of carbonyl (C=O) groups excluding carboxylic acids is 3. The van der Waals surface area contributed by atoms with Gasteiger partial charge in [-0.25, -0.2) is 0 Å². The molecule has 3 amide bonds. The second kappa shape index (κ2) is 6.17. The SMILES string of the molecule is CC1CN(C(=O)c2ccc(C(=O)N(C)C)cc2)CC(=O)N1C. The van der Waals surface area contributed by atoms with Crippen molar-refractivity contribution in [3.63, 3.8) is 0 Å². The van der Waals surface area contributed by atoms with Gasteiger partial charge < -0.3 is 14.7 Å². The molecule has 1 aromatic carbocycles. The smallest absolute Gasteiger partial charge is 0.254 e. The van der Waals surface area contributed by atoms with Crippen molar-refractivity contribution in [2.24, 2.45) is 0 Å². The molecule has 1 fully saturated rings. The van der Waals surface area contributed by atoms with Crippen LogP contribution in [0.2, 0.25) is 0 Å². The van der Waals surface area contributed by atoms with Gasteiger partial charge in [-0.15, -0.1) is 0 Å². The topological polar surface area (TPSA) is 60.9 Å². The highest BCUT2D eigenvalue weighted by molar-refractivity contribution is 5.99. The van der Waals surface area contributed by atoms with Gasteiger partial charge in [0.2, 0.25) is 5.91 Å². The molecule has 0 aromatic heterocycles. The highest BCUT2D eigenvalue weighted by Crippen LogP contribution is 2.14.